The van der Waals surface area contributed by atoms with Crippen LogP contribution in [0.1, 0.15) is 24.5 Å². The molecule has 0 saturated carbocycles. The van der Waals surface area contributed by atoms with Crippen molar-refractivity contribution >= 4 is 5.57 Å². The molecule has 0 bridgehead atoms. The van der Waals surface area contributed by atoms with Gasteiger partial charge in [-0.3, -0.25) is 4.98 Å². The summed E-state index contributed by atoms with van der Waals surface area (Å²) in [4.78, 5) is 4.14. The average molecular weight is 190 g/mol. The second-order valence-corrected chi connectivity index (χ2v) is 3.47. The lowest BCUT2D eigenvalue weighted by Crippen LogP contribution is -2.06. The number of aromatic nitrogens is 1. The van der Waals surface area contributed by atoms with Crippen molar-refractivity contribution < 1.29 is 0 Å². The van der Waals surface area contributed by atoms with Gasteiger partial charge in [-0.25, -0.2) is 0 Å². The van der Waals surface area contributed by atoms with Gasteiger partial charge in [0.15, 0.2) is 0 Å². The summed E-state index contributed by atoms with van der Waals surface area (Å²) in [7, 11) is 1.97. The number of hydrogen-bond donors (Lipinski definition) is 1. The molecule has 0 aromatic carbocycles. The van der Waals surface area contributed by atoms with Crippen LogP contribution in [0, 0.1) is 6.92 Å². The molecular weight excluding hydrogens is 172 g/mol. The lowest BCUT2D eigenvalue weighted by atomic mass is 10.0. The van der Waals surface area contributed by atoms with E-state index in [9.17, 15) is 0 Å². The van der Waals surface area contributed by atoms with E-state index in [2.05, 4.69) is 30.2 Å². The molecule has 0 radical (unpaired) electrons. The van der Waals surface area contributed by atoms with Crippen molar-refractivity contribution in [1.29, 1.82) is 0 Å². The molecule has 2 heteroatoms. The molecule has 0 fully saturated rings. The number of pyridine rings is 1. The van der Waals surface area contributed by atoms with Gasteiger partial charge in [-0.05, 0) is 56.6 Å². The highest BCUT2D eigenvalue weighted by atomic mass is 14.8. The molecule has 1 aromatic rings. The fraction of sp³-hybridized carbons (Fsp3) is 0.417. The monoisotopic (exact) mass is 190 g/mol. The third-order valence-electron chi connectivity index (χ3n) is 2.31. The molecule has 0 aliphatic heterocycles. The molecule has 2 nitrogen and oxygen atoms in total. The predicted octanol–water partition coefficient (Wildman–Crippen LogP) is 2.40. The maximum absolute atomic E-state index is 4.14. The molecule has 0 amide bonds. The largest absolute Gasteiger partial charge is 0.319 e. The first kappa shape index (κ1) is 10.9. The van der Waals surface area contributed by atoms with Crippen LogP contribution < -0.4 is 5.32 Å². The van der Waals surface area contributed by atoms with Crippen LogP contribution in [0.2, 0.25) is 0 Å². The van der Waals surface area contributed by atoms with Gasteiger partial charge in [-0.1, -0.05) is 6.08 Å². The highest BCUT2D eigenvalue weighted by Crippen LogP contribution is 2.16. The molecular formula is C12H18N2. The third kappa shape index (κ3) is 2.96. The molecule has 0 aliphatic carbocycles. The Labute approximate surface area is 86.1 Å². The summed E-state index contributed by atoms with van der Waals surface area (Å²) in [5.74, 6) is 0. The van der Waals surface area contributed by atoms with Crippen LogP contribution >= 0.6 is 0 Å². The maximum atomic E-state index is 4.14. The lowest BCUT2D eigenvalue weighted by molar-refractivity contribution is 0.808. The van der Waals surface area contributed by atoms with E-state index in [0.29, 0.717) is 0 Å². The van der Waals surface area contributed by atoms with E-state index >= 15 is 0 Å². The predicted molar refractivity (Wildman–Crippen MR) is 61.2 cm³/mol. The SMILES string of the molecule is CNCCC=C(C)c1cnccc1C. The van der Waals surface area contributed by atoms with Gasteiger partial charge >= 0.3 is 0 Å². The molecule has 0 spiro atoms. The quantitative estimate of drug-likeness (QED) is 0.737. The summed E-state index contributed by atoms with van der Waals surface area (Å²) >= 11 is 0. The van der Waals surface area contributed by atoms with Crippen molar-refractivity contribution in [2.45, 2.75) is 20.3 Å². The molecule has 0 aliphatic rings. The molecule has 0 saturated heterocycles. The number of aryl methyl sites for hydroxylation is 1. The highest BCUT2D eigenvalue weighted by Gasteiger charge is 1.98. The van der Waals surface area contributed by atoms with Crippen molar-refractivity contribution in [2.75, 3.05) is 13.6 Å². The Bertz CT molecular complexity index is 316. The summed E-state index contributed by atoms with van der Waals surface area (Å²) < 4.78 is 0. The topological polar surface area (TPSA) is 24.9 Å². The van der Waals surface area contributed by atoms with Crippen molar-refractivity contribution in [3.05, 3.63) is 35.7 Å². The molecule has 1 aromatic heterocycles. The molecule has 0 atom stereocenters. The van der Waals surface area contributed by atoms with E-state index in [1.807, 2.05) is 25.5 Å². The van der Waals surface area contributed by atoms with Gasteiger partial charge < -0.3 is 5.32 Å². The number of allylic oxidation sites excluding steroid dienone is 1. The highest BCUT2D eigenvalue weighted by molar-refractivity contribution is 5.65. The first-order valence-electron chi connectivity index (χ1n) is 4.98. The zero-order chi connectivity index (χ0) is 10.4. The van der Waals surface area contributed by atoms with E-state index in [0.717, 1.165) is 13.0 Å². The van der Waals surface area contributed by atoms with E-state index in [1.54, 1.807) is 0 Å². The summed E-state index contributed by atoms with van der Waals surface area (Å²) in [6.07, 6.45) is 7.08. The second-order valence-electron chi connectivity index (χ2n) is 3.47. The average Bonchev–Trinajstić information content (AvgIpc) is 2.18. The van der Waals surface area contributed by atoms with Crippen LogP contribution in [0.15, 0.2) is 24.5 Å². The van der Waals surface area contributed by atoms with Crippen molar-refractivity contribution in [2.24, 2.45) is 0 Å². The van der Waals surface area contributed by atoms with Crippen LogP contribution in [0.4, 0.5) is 0 Å². The Morgan fingerprint density at radius 2 is 2.36 bits per heavy atom. The molecule has 1 N–H and O–H groups in total. The molecule has 76 valence electrons. The molecule has 0 unspecified atom stereocenters. The minimum absolute atomic E-state index is 1.02. The maximum Gasteiger partial charge on any atom is 0.0345 e. The lowest BCUT2D eigenvalue weighted by Gasteiger charge is -2.04. The van der Waals surface area contributed by atoms with E-state index in [1.165, 1.54) is 16.7 Å². The Morgan fingerprint density at radius 3 is 3.00 bits per heavy atom. The molecule has 14 heavy (non-hydrogen) atoms. The third-order valence-corrected chi connectivity index (χ3v) is 2.31. The zero-order valence-corrected chi connectivity index (χ0v) is 9.17. The van der Waals surface area contributed by atoms with Crippen molar-refractivity contribution in [3.8, 4) is 0 Å². The van der Waals surface area contributed by atoms with Crippen molar-refractivity contribution in [3.63, 3.8) is 0 Å². The van der Waals surface area contributed by atoms with Crippen LogP contribution in [0.25, 0.3) is 5.57 Å². The number of hydrogen-bond acceptors (Lipinski definition) is 2. The van der Waals surface area contributed by atoms with Gasteiger partial charge in [0, 0.05) is 12.4 Å². The van der Waals surface area contributed by atoms with Crippen LogP contribution in [-0.4, -0.2) is 18.6 Å². The van der Waals surface area contributed by atoms with Crippen molar-refractivity contribution in [1.82, 2.24) is 10.3 Å². The molecule has 1 heterocycles. The smallest absolute Gasteiger partial charge is 0.0345 e. The Balaban J connectivity index is 2.73. The van der Waals surface area contributed by atoms with Gasteiger partial charge in [0.25, 0.3) is 0 Å². The van der Waals surface area contributed by atoms with E-state index in [4.69, 9.17) is 0 Å². The summed E-state index contributed by atoms with van der Waals surface area (Å²) in [6.45, 7) is 5.28. The van der Waals surface area contributed by atoms with Gasteiger partial charge in [-0.2, -0.15) is 0 Å². The van der Waals surface area contributed by atoms with E-state index < -0.39 is 0 Å². The Hall–Kier alpha value is -1.15. The van der Waals surface area contributed by atoms with E-state index in [-0.39, 0.29) is 0 Å². The first-order valence-corrected chi connectivity index (χ1v) is 4.98. The molecule has 1 rings (SSSR count). The number of nitrogens with zero attached hydrogens (tertiary/aromatic N) is 1. The zero-order valence-electron chi connectivity index (χ0n) is 9.17. The minimum atomic E-state index is 1.02. The standard InChI is InChI=1S/C12H18N2/c1-10(5-4-7-13-3)12-9-14-8-6-11(12)2/h5-6,8-9,13H,4,7H2,1-3H3. The summed E-state index contributed by atoms with van der Waals surface area (Å²) in [5, 5.41) is 3.13. The Morgan fingerprint density at radius 1 is 1.57 bits per heavy atom. The first-order chi connectivity index (χ1) is 6.75. The minimum Gasteiger partial charge on any atom is -0.319 e. The normalized spacial score (nSPS) is 11.8. The Kier molecular flexibility index (Phi) is 4.33. The van der Waals surface area contributed by atoms with Gasteiger partial charge in [0.05, 0.1) is 0 Å². The van der Waals surface area contributed by atoms with Gasteiger partial charge in [0.2, 0.25) is 0 Å². The fourth-order valence-corrected chi connectivity index (χ4v) is 1.42. The fourth-order valence-electron chi connectivity index (χ4n) is 1.42. The number of nitrogens with one attached hydrogen (secondary N) is 1. The van der Waals surface area contributed by atoms with Gasteiger partial charge in [0.1, 0.15) is 0 Å². The van der Waals surface area contributed by atoms with Gasteiger partial charge in [-0.15, -0.1) is 0 Å². The summed E-state index contributed by atoms with van der Waals surface area (Å²) in [5.41, 5.74) is 3.85. The second kappa shape index (κ2) is 5.55. The van der Waals surface area contributed by atoms with Crippen LogP contribution in [0.5, 0.6) is 0 Å². The summed E-state index contributed by atoms with van der Waals surface area (Å²) in [6, 6.07) is 2.05. The number of rotatable bonds is 4. The van der Waals surface area contributed by atoms with Crippen LogP contribution in [-0.2, 0) is 0 Å². The van der Waals surface area contributed by atoms with Crippen LogP contribution in [0.3, 0.4) is 0 Å².